The predicted octanol–water partition coefficient (Wildman–Crippen LogP) is 4.64. The predicted molar refractivity (Wildman–Crippen MR) is 167 cm³/mol. The number of amides is 1. The quantitative estimate of drug-likeness (QED) is 0.246. The molecule has 1 saturated heterocycles. The highest BCUT2D eigenvalue weighted by atomic mass is 32.2. The molecule has 4 aromatic rings. The number of nitrogens with one attached hydrogen (secondary N) is 2. The Balaban J connectivity index is 0.000000270. The Bertz CT molecular complexity index is 1510. The normalized spacial score (nSPS) is 24.9. The number of carbonyl (C=O) groups excluding carboxylic acids is 1. The van der Waals surface area contributed by atoms with Gasteiger partial charge in [-0.25, -0.2) is 13.9 Å². The highest BCUT2D eigenvalue weighted by molar-refractivity contribution is 7.83. The zero-order chi connectivity index (χ0) is 28.4. The average Bonchev–Trinajstić information content (AvgIpc) is 3.51. The number of nitrogens with zero attached hydrogens (tertiary/aromatic N) is 2. The number of likely N-dealkylation sites (tertiary alicyclic amines) is 1. The van der Waals surface area contributed by atoms with E-state index in [9.17, 15) is 9.00 Å². The fourth-order valence-corrected chi connectivity index (χ4v) is 8.12. The van der Waals surface area contributed by atoms with Gasteiger partial charge in [0.1, 0.15) is 16.8 Å². The van der Waals surface area contributed by atoms with Gasteiger partial charge in [-0.05, 0) is 93.3 Å². The lowest BCUT2D eigenvalue weighted by molar-refractivity contribution is 0.1000. The molecule has 2 aliphatic carbocycles. The van der Waals surface area contributed by atoms with E-state index in [0.717, 1.165) is 41.8 Å². The molecule has 1 aromatic heterocycles. The summed E-state index contributed by atoms with van der Waals surface area (Å²) in [4.78, 5) is 22.2. The van der Waals surface area contributed by atoms with Crippen LogP contribution in [0.5, 0.6) is 0 Å². The summed E-state index contributed by atoms with van der Waals surface area (Å²) in [5.41, 5.74) is 9.73. The lowest BCUT2D eigenvalue weighted by Gasteiger charge is -2.41. The van der Waals surface area contributed by atoms with E-state index >= 15 is 0 Å². The number of imidazole rings is 1. The number of benzene rings is 3. The Labute approximate surface area is 250 Å². The molecule has 1 spiro atoms. The number of primary amides is 1. The Hall–Kier alpha value is -3.37. The zero-order valence-corrected chi connectivity index (χ0v) is 24.9. The van der Waals surface area contributed by atoms with Gasteiger partial charge in [-0.3, -0.25) is 9.69 Å². The summed E-state index contributed by atoms with van der Waals surface area (Å²) in [5, 5.41) is 0. The Morgan fingerprint density at radius 3 is 2.60 bits per heavy atom. The number of rotatable bonds is 9. The molecular formula is C33H41N5O3S. The van der Waals surface area contributed by atoms with Crippen molar-refractivity contribution in [2.24, 2.45) is 11.7 Å². The lowest BCUT2D eigenvalue weighted by Crippen LogP contribution is -2.42. The first-order valence-electron chi connectivity index (χ1n) is 14.7. The molecule has 222 valence electrons. The number of carbonyl (C=O) groups is 1. The van der Waals surface area contributed by atoms with Crippen LogP contribution in [-0.4, -0.2) is 55.1 Å². The number of nitrogens with two attached hydrogens (primary N) is 1. The maximum Gasteiger partial charge on any atom is 0.248 e. The first kappa shape index (κ1) is 30.1. The minimum absolute atomic E-state index is 0. The van der Waals surface area contributed by atoms with Gasteiger partial charge in [0, 0.05) is 23.7 Å². The van der Waals surface area contributed by atoms with Crippen LogP contribution in [-0.2, 0) is 11.0 Å². The fourth-order valence-electron chi connectivity index (χ4n) is 7.17. The van der Waals surface area contributed by atoms with Crippen molar-refractivity contribution in [1.82, 2.24) is 19.6 Å². The summed E-state index contributed by atoms with van der Waals surface area (Å²) >= 11 is 0. The summed E-state index contributed by atoms with van der Waals surface area (Å²) in [7, 11) is -1.38. The lowest BCUT2D eigenvalue weighted by atomic mass is 9.65. The van der Waals surface area contributed by atoms with E-state index in [-0.39, 0.29) is 5.48 Å². The second-order valence-electron chi connectivity index (χ2n) is 11.6. The Kier molecular flexibility index (Phi) is 9.22. The first-order valence-corrected chi connectivity index (χ1v) is 15.9. The third-order valence-corrected chi connectivity index (χ3v) is 10.5. The van der Waals surface area contributed by atoms with Gasteiger partial charge >= 0.3 is 0 Å². The molecule has 3 fully saturated rings. The number of hydrogen-bond donors (Lipinski definition) is 3. The van der Waals surface area contributed by atoms with Crippen molar-refractivity contribution in [3.05, 3.63) is 95.8 Å². The highest BCUT2D eigenvalue weighted by Gasteiger charge is 2.70. The van der Waals surface area contributed by atoms with Gasteiger partial charge in [0.25, 0.3) is 0 Å². The number of fused-ring (bicyclic) bond motifs is 1. The third-order valence-electron chi connectivity index (χ3n) is 9.34. The number of aryl methyl sites for hydroxylation is 1. The van der Waals surface area contributed by atoms with Crippen molar-refractivity contribution in [3.8, 4) is 0 Å². The zero-order valence-electron chi connectivity index (χ0n) is 24.1. The summed E-state index contributed by atoms with van der Waals surface area (Å²) < 4.78 is 16.1. The standard InChI is InChI=1S/C25H31N3O2S.C8H8N2.H2O/c26-24(29)19-8-4-10-22(16-19)31(30)27-17-20(18-6-2-1-3-7-18)13-15-28-23-11-5-9-21-12-14-25(21,23)28;1-6-9-7-4-2-3-5-8(7)10-6;/h1-4,6-8,10,16,20-21,23,27H,5,9,11-15,17H2,(H2,26,29);2-5H,1H3,(H,9,10);1H2/t20?,21-,23+,25?,28?,31?;;/m1../s1. The molecule has 3 aromatic carbocycles. The topological polar surface area (TPSA) is 135 Å². The van der Waals surface area contributed by atoms with Crippen LogP contribution in [0.2, 0.25) is 0 Å². The molecule has 7 rings (SSSR count). The van der Waals surface area contributed by atoms with Gasteiger partial charge in [-0.15, -0.1) is 0 Å². The van der Waals surface area contributed by atoms with Gasteiger partial charge in [-0.2, -0.15) is 0 Å². The molecule has 6 atom stereocenters. The minimum atomic E-state index is -1.38. The number of aromatic nitrogens is 2. The summed E-state index contributed by atoms with van der Waals surface area (Å²) in [6.45, 7) is 3.71. The monoisotopic (exact) mass is 587 g/mol. The molecule has 1 aliphatic heterocycles. The smallest absolute Gasteiger partial charge is 0.248 e. The molecule has 42 heavy (non-hydrogen) atoms. The average molecular weight is 588 g/mol. The van der Waals surface area contributed by atoms with Crippen LogP contribution < -0.4 is 10.5 Å². The van der Waals surface area contributed by atoms with Gasteiger partial charge in [-0.1, -0.05) is 55.0 Å². The van der Waals surface area contributed by atoms with E-state index < -0.39 is 16.9 Å². The summed E-state index contributed by atoms with van der Waals surface area (Å²) in [6.07, 6.45) is 8.03. The largest absolute Gasteiger partial charge is 0.412 e. The van der Waals surface area contributed by atoms with E-state index in [1.807, 2.05) is 37.3 Å². The molecule has 1 amide bonds. The van der Waals surface area contributed by atoms with E-state index in [1.54, 1.807) is 24.3 Å². The summed E-state index contributed by atoms with van der Waals surface area (Å²) in [6, 6.07) is 26.1. The van der Waals surface area contributed by atoms with Crippen LogP contribution in [0.15, 0.2) is 83.8 Å². The number of H-pyrrole nitrogens is 1. The van der Waals surface area contributed by atoms with Crippen molar-refractivity contribution < 1.29 is 14.5 Å². The maximum absolute atomic E-state index is 12.9. The van der Waals surface area contributed by atoms with Crippen molar-refractivity contribution in [1.29, 1.82) is 0 Å². The first-order chi connectivity index (χ1) is 20.0. The molecular weight excluding hydrogens is 546 g/mol. The molecule has 9 heteroatoms. The van der Waals surface area contributed by atoms with Crippen LogP contribution in [0.4, 0.5) is 0 Å². The minimum Gasteiger partial charge on any atom is -0.412 e. The second-order valence-corrected chi connectivity index (χ2v) is 12.9. The Morgan fingerprint density at radius 1 is 1.10 bits per heavy atom. The van der Waals surface area contributed by atoms with Crippen molar-refractivity contribution in [2.45, 2.75) is 67.8 Å². The Morgan fingerprint density at radius 2 is 1.88 bits per heavy atom. The van der Waals surface area contributed by atoms with Crippen molar-refractivity contribution in [3.63, 3.8) is 0 Å². The van der Waals surface area contributed by atoms with Crippen LogP contribution in [0, 0.1) is 12.8 Å². The van der Waals surface area contributed by atoms with Gasteiger partial charge in [0.05, 0.1) is 15.9 Å². The SMILES string of the molecule is Cc1nc2ccccc2[nH]1.NC(=O)c1cccc(S(=O)NCC(CCN2[C@H]3CCC[C@@H]4CCC432)c2ccccc2)c1.O. The van der Waals surface area contributed by atoms with Gasteiger partial charge in [0.15, 0.2) is 0 Å². The molecule has 3 aliphatic rings. The number of para-hydroxylation sites is 2. The van der Waals surface area contributed by atoms with E-state index in [4.69, 9.17) is 5.73 Å². The van der Waals surface area contributed by atoms with E-state index in [2.05, 4.69) is 43.9 Å². The van der Waals surface area contributed by atoms with Crippen molar-refractivity contribution >= 4 is 27.9 Å². The van der Waals surface area contributed by atoms with Crippen LogP contribution in [0.25, 0.3) is 11.0 Å². The molecule has 6 N–H and O–H groups in total. The van der Waals surface area contributed by atoms with E-state index in [1.165, 1.54) is 37.7 Å². The number of hydrogen-bond acceptors (Lipinski definition) is 4. The fraction of sp³-hybridized carbons (Fsp3) is 0.394. The number of aromatic amines is 1. The maximum atomic E-state index is 12.9. The molecule has 0 radical (unpaired) electrons. The molecule has 2 saturated carbocycles. The third kappa shape index (κ3) is 6.06. The van der Waals surface area contributed by atoms with Crippen molar-refractivity contribution in [2.75, 3.05) is 13.1 Å². The molecule has 2 heterocycles. The molecule has 4 unspecified atom stereocenters. The van der Waals surface area contributed by atoms with Gasteiger partial charge < -0.3 is 16.2 Å². The molecule has 8 nitrogen and oxygen atoms in total. The highest BCUT2D eigenvalue weighted by Crippen LogP contribution is 2.64. The van der Waals surface area contributed by atoms with Crippen LogP contribution in [0.1, 0.15) is 66.2 Å². The van der Waals surface area contributed by atoms with E-state index in [0.29, 0.717) is 28.5 Å². The summed E-state index contributed by atoms with van der Waals surface area (Å²) in [5.74, 6) is 1.70. The van der Waals surface area contributed by atoms with Gasteiger partial charge in [0.2, 0.25) is 5.91 Å². The van der Waals surface area contributed by atoms with Crippen LogP contribution >= 0.6 is 0 Å². The second kappa shape index (κ2) is 12.9. The molecule has 0 bridgehead atoms. The van der Waals surface area contributed by atoms with Crippen LogP contribution in [0.3, 0.4) is 0 Å².